The van der Waals surface area contributed by atoms with E-state index in [-0.39, 0.29) is 11.5 Å². The Labute approximate surface area is 115 Å². The molecule has 0 bridgehead atoms. The van der Waals surface area contributed by atoms with Crippen LogP contribution < -0.4 is 0 Å². The molecule has 1 fully saturated rings. The highest BCUT2D eigenvalue weighted by molar-refractivity contribution is 7.91. The lowest BCUT2D eigenvalue weighted by Crippen LogP contribution is -2.46. The molecule has 1 rings (SSSR count). The van der Waals surface area contributed by atoms with Crippen molar-refractivity contribution in [2.24, 2.45) is 5.92 Å². The molecule has 1 atom stereocenters. The minimum atomic E-state index is -3.20. The highest BCUT2D eigenvalue weighted by Crippen LogP contribution is 2.06. The fourth-order valence-corrected chi connectivity index (χ4v) is 3.67. The van der Waals surface area contributed by atoms with E-state index in [2.05, 4.69) is 21.6 Å². The van der Waals surface area contributed by atoms with Gasteiger partial charge in [-0.3, -0.25) is 9.69 Å². The number of carbonyl (C=O) groups excluding carboxylic acids is 1. The maximum absolute atomic E-state index is 11.9. The van der Waals surface area contributed by atoms with E-state index in [9.17, 15) is 13.2 Å². The molecule has 0 aromatic rings. The number of likely N-dealkylation sites (N-methyl/N-ethyl adjacent to an activating group) is 1. The Morgan fingerprint density at radius 2 is 1.84 bits per heavy atom. The maximum atomic E-state index is 11.9. The fourth-order valence-electron chi connectivity index (χ4n) is 2.07. The van der Waals surface area contributed by atoms with Crippen LogP contribution >= 0.6 is 0 Å². The molecule has 0 radical (unpaired) electrons. The summed E-state index contributed by atoms with van der Waals surface area (Å²) >= 11 is 0. The van der Waals surface area contributed by atoms with Crippen molar-refractivity contribution in [2.75, 3.05) is 58.4 Å². The number of rotatable bonds is 6. The van der Waals surface area contributed by atoms with E-state index in [1.807, 2.05) is 0 Å². The third-order valence-electron chi connectivity index (χ3n) is 3.42. The van der Waals surface area contributed by atoms with Gasteiger partial charge in [-0.25, -0.2) is 8.42 Å². The molecule has 0 aliphatic carbocycles. The lowest BCUT2D eigenvalue weighted by atomic mass is 10.2. The molecule has 6 nitrogen and oxygen atoms in total. The number of hydrogen-bond acceptors (Lipinski definition) is 6. The van der Waals surface area contributed by atoms with Crippen LogP contribution in [0.15, 0.2) is 0 Å². The molecule has 1 heterocycles. The van der Waals surface area contributed by atoms with Crippen LogP contribution in [0.1, 0.15) is 6.92 Å². The lowest BCUT2D eigenvalue weighted by molar-refractivity contribution is -0.144. The van der Waals surface area contributed by atoms with Gasteiger partial charge >= 0.3 is 5.97 Å². The molecule has 0 N–H and O–H groups in total. The van der Waals surface area contributed by atoms with Gasteiger partial charge in [-0.1, -0.05) is 6.92 Å². The van der Waals surface area contributed by atoms with Gasteiger partial charge in [0.15, 0.2) is 9.84 Å². The lowest BCUT2D eigenvalue weighted by Gasteiger charge is -2.32. The molecule has 1 aliphatic heterocycles. The molecule has 112 valence electrons. The summed E-state index contributed by atoms with van der Waals surface area (Å²) in [5.74, 6) is -1.09. The van der Waals surface area contributed by atoms with Crippen LogP contribution in [0.25, 0.3) is 0 Å². The molecule has 1 unspecified atom stereocenters. The Kier molecular flexibility index (Phi) is 6.22. The zero-order chi connectivity index (χ0) is 14.5. The van der Waals surface area contributed by atoms with Crippen molar-refractivity contribution in [2.45, 2.75) is 6.92 Å². The Morgan fingerprint density at radius 1 is 1.26 bits per heavy atom. The van der Waals surface area contributed by atoms with E-state index in [0.717, 1.165) is 26.2 Å². The summed E-state index contributed by atoms with van der Waals surface area (Å²) in [6.07, 6.45) is 0. The molecule has 0 aromatic heterocycles. The number of nitrogens with zero attached hydrogens (tertiary/aromatic N) is 2. The summed E-state index contributed by atoms with van der Waals surface area (Å²) in [7, 11) is 0.130. The molecule has 0 aromatic carbocycles. The molecule has 1 aliphatic rings. The molecular weight excluding hydrogens is 268 g/mol. The third-order valence-corrected chi connectivity index (χ3v) is 5.23. The third kappa shape index (κ3) is 5.88. The number of piperazine rings is 1. The Hall–Kier alpha value is -0.660. The minimum absolute atomic E-state index is 0.109. The van der Waals surface area contributed by atoms with E-state index >= 15 is 0 Å². The molecule has 0 amide bonds. The summed E-state index contributed by atoms with van der Waals surface area (Å²) in [4.78, 5) is 15.6. The second-order valence-electron chi connectivity index (χ2n) is 5.18. The first kappa shape index (κ1) is 16.4. The van der Waals surface area contributed by atoms with Crippen LogP contribution in [0.4, 0.5) is 0 Å². The first-order valence-electron chi connectivity index (χ1n) is 6.53. The second-order valence-corrected chi connectivity index (χ2v) is 7.41. The Bertz CT molecular complexity index is 389. The van der Waals surface area contributed by atoms with Crippen molar-refractivity contribution >= 4 is 15.8 Å². The summed E-state index contributed by atoms with van der Waals surface area (Å²) in [6, 6.07) is 0. The van der Waals surface area contributed by atoms with Gasteiger partial charge in [0.25, 0.3) is 0 Å². The van der Waals surface area contributed by atoms with E-state index in [4.69, 9.17) is 0 Å². The summed E-state index contributed by atoms with van der Waals surface area (Å²) < 4.78 is 28.4. The van der Waals surface area contributed by atoms with Gasteiger partial charge in [-0.15, -0.1) is 0 Å². The fraction of sp³-hybridized carbons (Fsp3) is 0.917. The van der Waals surface area contributed by atoms with E-state index in [0.29, 0.717) is 6.54 Å². The molecular formula is C12H24N2O4S. The van der Waals surface area contributed by atoms with Gasteiger partial charge in [0.2, 0.25) is 0 Å². The van der Waals surface area contributed by atoms with Crippen LogP contribution in [-0.4, -0.2) is 82.6 Å². The van der Waals surface area contributed by atoms with Crippen molar-refractivity contribution in [1.82, 2.24) is 9.80 Å². The van der Waals surface area contributed by atoms with Crippen molar-refractivity contribution in [3.8, 4) is 0 Å². The first-order valence-corrected chi connectivity index (χ1v) is 8.35. The molecule has 19 heavy (non-hydrogen) atoms. The minimum Gasteiger partial charge on any atom is -0.469 e. The van der Waals surface area contributed by atoms with Gasteiger partial charge in [-0.05, 0) is 7.05 Å². The number of ether oxygens (including phenoxy) is 1. The Balaban J connectivity index is 2.36. The number of methoxy groups -OCH3 is 1. The largest absolute Gasteiger partial charge is 0.469 e. The van der Waals surface area contributed by atoms with Gasteiger partial charge in [0.05, 0.1) is 24.5 Å². The smallest absolute Gasteiger partial charge is 0.309 e. The van der Waals surface area contributed by atoms with Gasteiger partial charge in [0, 0.05) is 32.7 Å². The maximum Gasteiger partial charge on any atom is 0.309 e. The topological polar surface area (TPSA) is 66.9 Å². The summed E-state index contributed by atoms with van der Waals surface area (Å²) in [5.41, 5.74) is 0. The standard InChI is InChI=1S/C12H24N2O4S/c1-11(12(15)18-3)10-19(16,17)9-8-14-6-4-13(2)5-7-14/h11H,4-10H2,1-3H3. The van der Waals surface area contributed by atoms with Crippen molar-refractivity contribution in [1.29, 1.82) is 0 Å². The van der Waals surface area contributed by atoms with Crippen LogP contribution in [0.2, 0.25) is 0 Å². The van der Waals surface area contributed by atoms with Crippen molar-refractivity contribution in [3.63, 3.8) is 0 Å². The predicted octanol–water partition coefficient (Wildman–Crippen LogP) is -0.542. The van der Waals surface area contributed by atoms with Gasteiger partial charge < -0.3 is 9.64 Å². The van der Waals surface area contributed by atoms with Crippen molar-refractivity contribution in [3.05, 3.63) is 0 Å². The molecule has 0 spiro atoms. The van der Waals surface area contributed by atoms with Crippen LogP contribution in [0, 0.1) is 5.92 Å². The highest BCUT2D eigenvalue weighted by atomic mass is 32.2. The van der Waals surface area contributed by atoms with Crippen molar-refractivity contribution < 1.29 is 17.9 Å². The van der Waals surface area contributed by atoms with Gasteiger partial charge in [0.1, 0.15) is 0 Å². The van der Waals surface area contributed by atoms with Crippen LogP contribution in [0.3, 0.4) is 0 Å². The summed E-state index contributed by atoms with van der Waals surface area (Å²) in [6.45, 7) is 5.87. The highest BCUT2D eigenvalue weighted by Gasteiger charge is 2.23. The Morgan fingerprint density at radius 3 is 2.37 bits per heavy atom. The average molecular weight is 292 g/mol. The normalized spacial score (nSPS) is 20.2. The number of carbonyl (C=O) groups is 1. The average Bonchev–Trinajstić information content (AvgIpc) is 2.36. The van der Waals surface area contributed by atoms with E-state index in [1.54, 1.807) is 6.92 Å². The van der Waals surface area contributed by atoms with E-state index in [1.165, 1.54) is 7.11 Å². The zero-order valence-corrected chi connectivity index (χ0v) is 12.8. The molecule has 7 heteroatoms. The molecule has 0 saturated carbocycles. The number of hydrogen-bond donors (Lipinski definition) is 0. The second kappa shape index (κ2) is 7.21. The predicted molar refractivity (Wildman–Crippen MR) is 73.8 cm³/mol. The number of esters is 1. The monoisotopic (exact) mass is 292 g/mol. The SMILES string of the molecule is COC(=O)C(C)CS(=O)(=O)CCN1CCN(C)CC1. The quantitative estimate of drug-likeness (QED) is 0.613. The van der Waals surface area contributed by atoms with E-state index < -0.39 is 21.7 Å². The zero-order valence-electron chi connectivity index (χ0n) is 12.0. The van der Waals surface area contributed by atoms with Crippen LogP contribution in [0.5, 0.6) is 0 Å². The van der Waals surface area contributed by atoms with Crippen LogP contribution in [-0.2, 0) is 19.4 Å². The number of sulfone groups is 1. The van der Waals surface area contributed by atoms with Gasteiger partial charge in [-0.2, -0.15) is 0 Å². The first-order chi connectivity index (χ1) is 8.84. The summed E-state index contributed by atoms with van der Waals surface area (Å²) in [5, 5.41) is 0. The molecule has 1 saturated heterocycles.